The zero-order valence-corrected chi connectivity index (χ0v) is 13.2. The second-order valence-electron chi connectivity index (χ2n) is 5.21. The molecule has 1 aliphatic heterocycles. The van der Waals surface area contributed by atoms with E-state index in [1.807, 2.05) is 6.07 Å². The molecule has 2 aromatic rings. The second kappa shape index (κ2) is 6.58. The van der Waals surface area contributed by atoms with Crippen molar-refractivity contribution in [1.29, 1.82) is 0 Å². The van der Waals surface area contributed by atoms with Gasteiger partial charge in [-0.15, -0.1) is 0 Å². The molecule has 0 unspecified atom stereocenters. The van der Waals surface area contributed by atoms with Gasteiger partial charge in [-0.1, -0.05) is 28.1 Å². The van der Waals surface area contributed by atoms with Crippen LogP contribution in [-0.4, -0.2) is 13.2 Å². The fourth-order valence-electron chi connectivity index (χ4n) is 2.63. The Morgan fingerprint density at radius 2 is 2.14 bits per heavy atom. The Kier molecular flexibility index (Phi) is 4.56. The van der Waals surface area contributed by atoms with Crippen LogP contribution >= 0.6 is 15.9 Å². The van der Waals surface area contributed by atoms with Crippen molar-refractivity contribution in [2.24, 2.45) is 0 Å². The Morgan fingerprint density at radius 3 is 3.00 bits per heavy atom. The predicted molar refractivity (Wildman–Crippen MR) is 85.2 cm³/mol. The van der Waals surface area contributed by atoms with Gasteiger partial charge in [0.25, 0.3) is 0 Å². The van der Waals surface area contributed by atoms with E-state index in [-0.39, 0.29) is 5.82 Å². The van der Waals surface area contributed by atoms with Gasteiger partial charge in [0.2, 0.25) is 0 Å². The minimum absolute atomic E-state index is 0.175. The van der Waals surface area contributed by atoms with Gasteiger partial charge in [0.1, 0.15) is 11.6 Å². The summed E-state index contributed by atoms with van der Waals surface area (Å²) in [5.74, 6) is 0.849. The molecular formula is C17H17BrFNO. The lowest BCUT2D eigenvalue weighted by Gasteiger charge is -2.10. The summed E-state index contributed by atoms with van der Waals surface area (Å²) in [6.07, 6.45) is 1.79. The maximum atomic E-state index is 13.1. The van der Waals surface area contributed by atoms with Gasteiger partial charge in [-0.05, 0) is 48.4 Å². The van der Waals surface area contributed by atoms with Gasteiger partial charge < -0.3 is 10.1 Å². The van der Waals surface area contributed by atoms with Crippen LogP contribution in [0.25, 0.3) is 0 Å². The molecule has 4 heteroatoms. The first kappa shape index (κ1) is 14.5. The van der Waals surface area contributed by atoms with E-state index in [1.54, 1.807) is 12.1 Å². The predicted octanol–water partition coefficient (Wildman–Crippen LogP) is 3.86. The van der Waals surface area contributed by atoms with Crippen LogP contribution < -0.4 is 10.1 Å². The summed E-state index contributed by atoms with van der Waals surface area (Å²) in [6.45, 7) is 2.34. The first-order valence-electron chi connectivity index (χ1n) is 7.11. The van der Waals surface area contributed by atoms with Crippen LogP contribution in [0.3, 0.4) is 0 Å². The number of ether oxygens (including phenoxy) is 1. The lowest BCUT2D eigenvalue weighted by atomic mass is 10.1. The number of fused-ring (bicyclic) bond motifs is 1. The average molecular weight is 350 g/mol. The lowest BCUT2D eigenvalue weighted by Crippen LogP contribution is -2.17. The number of hydrogen-bond acceptors (Lipinski definition) is 2. The Balaban J connectivity index is 1.56. The van der Waals surface area contributed by atoms with Crippen molar-refractivity contribution in [2.45, 2.75) is 19.4 Å². The Bertz CT molecular complexity index is 645. The van der Waals surface area contributed by atoms with Crippen LogP contribution in [0.4, 0.5) is 4.39 Å². The first-order chi connectivity index (χ1) is 10.2. The molecule has 0 aromatic heterocycles. The summed E-state index contributed by atoms with van der Waals surface area (Å²) < 4.78 is 19.9. The van der Waals surface area contributed by atoms with Crippen molar-refractivity contribution < 1.29 is 9.13 Å². The smallest absolute Gasteiger partial charge is 0.127 e. The van der Waals surface area contributed by atoms with Gasteiger partial charge in [-0.25, -0.2) is 4.39 Å². The Hall–Kier alpha value is -1.39. The molecule has 2 aromatic carbocycles. The number of halogens is 2. The molecule has 1 heterocycles. The van der Waals surface area contributed by atoms with Crippen LogP contribution in [0.1, 0.15) is 16.7 Å². The van der Waals surface area contributed by atoms with Crippen molar-refractivity contribution in [1.82, 2.24) is 5.32 Å². The van der Waals surface area contributed by atoms with Crippen LogP contribution in [0.2, 0.25) is 0 Å². The fourth-order valence-corrected chi connectivity index (χ4v) is 3.18. The van der Waals surface area contributed by atoms with E-state index in [0.29, 0.717) is 0 Å². The van der Waals surface area contributed by atoms with Crippen LogP contribution in [0, 0.1) is 5.82 Å². The molecular weight excluding hydrogens is 333 g/mol. The van der Waals surface area contributed by atoms with Gasteiger partial charge in [0, 0.05) is 23.0 Å². The number of rotatable bonds is 5. The van der Waals surface area contributed by atoms with E-state index in [9.17, 15) is 4.39 Å². The van der Waals surface area contributed by atoms with Crippen molar-refractivity contribution >= 4 is 15.9 Å². The highest BCUT2D eigenvalue weighted by atomic mass is 79.9. The molecule has 0 radical (unpaired) electrons. The third-order valence-corrected chi connectivity index (χ3v) is 4.08. The van der Waals surface area contributed by atoms with Crippen molar-refractivity contribution in [3.63, 3.8) is 0 Å². The molecule has 0 saturated heterocycles. The minimum atomic E-state index is -0.175. The number of nitrogens with one attached hydrogen (secondary N) is 1. The van der Waals surface area contributed by atoms with E-state index in [0.717, 1.165) is 48.3 Å². The highest BCUT2D eigenvalue weighted by molar-refractivity contribution is 9.10. The Labute approximate surface area is 132 Å². The second-order valence-corrected chi connectivity index (χ2v) is 6.12. The van der Waals surface area contributed by atoms with Crippen molar-refractivity contribution in [2.75, 3.05) is 13.2 Å². The number of benzene rings is 2. The summed E-state index contributed by atoms with van der Waals surface area (Å²) in [5.41, 5.74) is 3.46. The van der Waals surface area contributed by atoms with Gasteiger partial charge in [0.15, 0.2) is 0 Å². The lowest BCUT2D eigenvalue weighted by molar-refractivity contribution is 0.352. The highest BCUT2D eigenvalue weighted by Gasteiger charge is 2.16. The third-order valence-electron chi connectivity index (χ3n) is 3.62. The molecule has 0 fully saturated rings. The normalized spacial score (nSPS) is 13.0. The van der Waals surface area contributed by atoms with Crippen LogP contribution in [0.15, 0.2) is 40.9 Å². The first-order valence-corrected chi connectivity index (χ1v) is 7.91. The molecule has 2 nitrogen and oxygen atoms in total. The third kappa shape index (κ3) is 3.63. The summed E-state index contributed by atoms with van der Waals surface area (Å²) in [7, 11) is 0. The van der Waals surface area contributed by atoms with Gasteiger partial charge in [-0.3, -0.25) is 0 Å². The van der Waals surface area contributed by atoms with Crippen molar-refractivity contribution in [3.8, 4) is 5.75 Å². The monoisotopic (exact) mass is 349 g/mol. The molecule has 21 heavy (non-hydrogen) atoms. The molecule has 0 saturated carbocycles. The topological polar surface area (TPSA) is 21.3 Å². The molecule has 0 bridgehead atoms. The fraction of sp³-hybridized carbons (Fsp3) is 0.294. The highest BCUT2D eigenvalue weighted by Crippen LogP contribution is 2.32. The Morgan fingerprint density at radius 1 is 1.24 bits per heavy atom. The van der Waals surface area contributed by atoms with E-state index in [1.165, 1.54) is 17.2 Å². The van der Waals surface area contributed by atoms with Gasteiger partial charge in [0.05, 0.1) is 6.61 Å². The summed E-state index contributed by atoms with van der Waals surface area (Å²) >= 11 is 3.54. The zero-order valence-electron chi connectivity index (χ0n) is 11.7. The number of hydrogen-bond donors (Lipinski definition) is 1. The largest absolute Gasteiger partial charge is 0.493 e. The minimum Gasteiger partial charge on any atom is -0.493 e. The van der Waals surface area contributed by atoms with Gasteiger partial charge >= 0.3 is 0 Å². The maximum Gasteiger partial charge on any atom is 0.127 e. The molecule has 0 spiro atoms. The quantitative estimate of drug-likeness (QED) is 0.827. The van der Waals surface area contributed by atoms with Crippen LogP contribution in [0.5, 0.6) is 5.75 Å². The molecule has 1 N–H and O–H groups in total. The molecule has 1 aliphatic rings. The summed E-state index contributed by atoms with van der Waals surface area (Å²) in [5, 5.41) is 3.40. The van der Waals surface area contributed by atoms with E-state index in [4.69, 9.17) is 4.74 Å². The summed E-state index contributed by atoms with van der Waals surface area (Å²) in [6, 6.07) is 11.0. The molecule has 0 amide bonds. The SMILES string of the molecule is Fc1cccc(CCNCc2cc(Br)cc3c2OCC3)c1. The van der Waals surface area contributed by atoms with Crippen molar-refractivity contribution in [3.05, 3.63) is 63.4 Å². The van der Waals surface area contributed by atoms with Crippen LogP contribution in [-0.2, 0) is 19.4 Å². The maximum absolute atomic E-state index is 13.1. The average Bonchev–Trinajstić information content (AvgIpc) is 2.91. The standard InChI is InChI=1S/C17H17BrFNO/c18-15-9-13-5-7-21-17(13)14(10-15)11-20-6-4-12-2-1-3-16(19)8-12/h1-3,8-10,20H,4-7,11H2. The van der Waals surface area contributed by atoms with E-state index < -0.39 is 0 Å². The van der Waals surface area contributed by atoms with Gasteiger partial charge in [-0.2, -0.15) is 0 Å². The summed E-state index contributed by atoms with van der Waals surface area (Å²) in [4.78, 5) is 0. The molecule has 0 aliphatic carbocycles. The molecule has 3 rings (SSSR count). The van der Waals surface area contributed by atoms with E-state index >= 15 is 0 Å². The molecule has 0 atom stereocenters. The molecule has 110 valence electrons. The van der Waals surface area contributed by atoms with E-state index in [2.05, 4.69) is 33.4 Å². The zero-order chi connectivity index (χ0) is 14.7.